The summed E-state index contributed by atoms with van der Waals surface area (Å²) in [5.74, 6) is 0.822. The van der Waals surface area contributed by atoms with Crippen molar-refractivity contribution in [2.45, 2.75) is 24.8 Å². The van der Waals surface area contributed by atoms with Gasteiger partial charge in [-0.1, -0.05) is 6.42 Å². The molecular formula is C14H16N2O2. The first-order valence-corrected chi connectivity index (χ1v) is 6.39. The number of fused-ring (bicyclic) bond motifs is 1. The van der Waals surface area contributed by atoms with Crippen LogP contribution >= 0.6 is 0 Å². The molecule has 1 unspecified atom stereocenters. The predicted molar refractivity (Wildman–Crippen MR) is 66.3 cm³/mol. The number of benzene rings is 1. The van der Waals surface area contributed by atoms with Gasteiger partial charge in [0.1, 0.15) is 18.1 Å². The molecular weight excluding hydrogens is 228 g/mol. The van der Waals surface area contributed by atoms with Crippen molar-refractivity contribution in [1.82, 2.24) is 4.90 Å². The number of phenolic OH excluding ortho intramolecular Hbond substituents is 1. The lowest BCUT2D eigenvalue weighted by Gasteiger charge is -2.37. The van der Waals surface area contributed by atoms with E-state index in [4.69, 9.17) is 4.74 Å². The first kappa shape index (κ1) is 11.4. The van der Waals surface area contributed by atoms with E-state index in [1.165, 1.54) is 6.42 Å². The van der Waals surface area contributed by atoms with E-state index in [2.05, 4.69) is 11.0 Å². The molecule has 0 bridgehead atoms. The maximum absolute atomic E-state index is 9.65. The Balaban J connectivity index is 2.02. The quantitative estimate of drug-likeness (QED) is 0.820. The van der Waals surface area contributed by atoms with Gasteiger partial charge >= 0.3 is 0 Å². The SMILES string of the molecule is N#CC1(N2CCCCC2)COc2cc(O)ccc21. The molecule has 94 valence electrons. The molecule has 1 saturated heterocycles. The molecule has 1 aromatic rings. The summed E-state index contributed by atoms with van der Waals surface area (Å²) in [5, 5.41) is 19.1. The van der Waals surface area contributed by atoms with Gasteiger partial charge in [-0.15, -0.1) is 0 Å². The maximum Gasteiger partial charge on any atom is 0.172 e. The maximum atomic E-state index is 9.65. The second-order valence-electron chi connectivity index (χ2n) is 4.99. The number of aromatic hydroxyl groups is 1. The molecule has 4 heteroatoms. The van der Waals surface area contributed by atoms with E-state index in [0.717, 1.165) is 31.5 Å². The van der Waals surface area contributed by atoms with Crippen molar-refractivity contribution in [2.24, 2.45) is 0 Å². The van der Waals surface area contributed by atoms with E-state index < -0.39 is 5.54 Å². The van der Waals surface area contributed by atoms with Crippen molar-refractivity contribution in [3.63, 3.8) is 0 Å². The minimum absolute atomic E-state index is 0.182. The number of hydrogen-bond donors (Lipinski definition) is 1. The van der Waals surface area contributed by atoms with Crippen molar-refractivity contribution in [3.8, 4) is 17.6 Å². The third-order valence-electron chi connectivity index (χ3n) is 3.93. The number of ether oxygens (including phenoxy) is 1. The van der Waals surface area contributed by atoms with Gasteiger partial charge in [-0.3, -0.25) is 4.90 Å². The van der Waals surface area contributed by atoms with Crippen molar-refractivity contribution in [2.75, 3.05) is 19.7 Å². The van der Waals surface area contributed by atoms with Gasteiger partial charge in [0, 0.05) is 24.7 Å². The van der Waals surface area contributed by atoms with Gasteiger partial charge in [0.2, 0.25) is 0 Å². The van der Waals surface area contributed by atoms with Gasteiger partial charge in [-0.05, 0) is 25.0 Å². The van der Waals surface area contributed by atoms with E-state index in [1.807, 2.05) is 6.07 Å². The summed E-state index contributed by atoms with van der Waals surface area (Å²) in [6.07, 6.45) is 3.51. The molecule has 2 aliphatic rings. The number of piperidine rings is 1. The fourth-order valence-corrected chi connectivity index (χ4v) is 2.93. The Morgan fingerprint density at radius 3 is 2.78 bits per heavy atom. The average Bonchev–Trinajstić information content (AvgIpc) is 2.79. The van der Waals surface area contributed by atoms with Crippen LogP contribution in [-0.2, 0) is 5.54 Å². The Morgan fingerprint density at radius 2 is 2.06 bits per heavy atom. The lowest BCUT2D eigenvalue weighted by Crippen LogP contribution is -2.48. The molecule has 0 amide bonds. The summed E-state index contributed by atoms with van der Waals surface area (Å²) in [7, 11) is 0. The first-order chi connectivity index (χ1) is 8.76. The van der Waals surface area contributed by atoms with Gasteiger partial charge < -0.3 is 9.84 Å². The van der Waals surface area contributed by atoms with Crippen LogP contribution in [0, 0.1) is 11.3 Å². The first-order valence-electron chi connectivity index (χ1n) is 6.39. The van der Waals surface area contributed by atoms with E-state index in [1.54, 1.807) is 12.1 Å². The lowest BCUT2D eigenvalue weighted by molar-refractivity contribution is 0.0868. The normalized spacial score (nSPS) is 27.3. The second-order valence-corrected chi connectivity index (χ2v) is 4.99. The van der Waals surface area contributed by atoms with Crippen molar-refractivity contribution in [1.29, 1.82) is 5.26 Å². The average molecular weight is 244 g/mol. The zero-order valence-electron chi connectivity index (χ0n) is 10.2. The smallest absolute Gasteiger partial charge is 0.172 e. The number of likely N-dealkylation sites (tertiary alicyclic amines) is 1. The highest BCUT2D eigenvalue weighted by atomic mass is 16.5. The van der Waals surface area contributed by atoms with Crippen LogP contribution in [0.3, 0.4) is 0 Å². The molecule has 0 radical (unpaired) electrons. The van der Waals surface area contributed by atoms with Crippen LogP contribution in [0.15, 0.2) is 18.2 Å². The second kappa shape index (κ2) is 4.18. The zero-order valence-corrected chi connectivity index (χ0v) is 10.2. The van der Waals surface area contributed by atoms with Gasteiger partial charge in [0.25, 0.3) is 0 Å². The minimum atomic E-state index is -0.663. The molecule has 4 nitrogen and oxygen atoms in total. The third-order valence-corrected chi connectivity index (χ3v) is 3.93. The summed E-state index contributed by atoms with van der Waals surface area (Å²) in [5.41, 5.74) is 0.230. The Hall–Kier alpha value is -1.73. The van der Waals surface area contributed by atoms with E-state index >= 15 is 0 Å². The Labute approximate surface area is 106 Å². The van der Waals surface area contributed by atoms with Crippen LogP contribution in [0.25, 0.3) is 0 Å². The number of rotatable bonds is 1. The molecule has 18 heavy (non-hydrogen) atoms. The minimum Gasteiger partial charge on any atom is -0.508 e. The summed E-state index contributed by atoms with van der Waals surface area (Å²) >= 11 is 0. The van der Waals surface area contributed by atoms with Crippen molar-refractivity contribution >= 4 is 0 Å². The van der Waals surface area contributed by atoms with Crippen LogP contribution in [0.2, 0.25) is 0 Å². The predicted octanol–water partition coefficient (Wildman–Crippen LogP) is 1.99. The number of nitriles is 1. The molecule has 2 heterocycles. The van der Waals surface area contributed by atoms with Crippen molar-refractivity contribution in [3.05, 3.63) is 23.8 Å². The number of hydrogen-bond acceptors (Lipinski definition) is 4. The van der Waals surface area contributed by atoms with E-state index in [0.29, 0.717) is 12.4 Å². The summed E-state index contributed by atoms with van der Waals surface area (Å²) in [6.45, 7) is 2.25. The monoisotopic (exact) mass is 244 g/mol. The Kier molecular flexibility index (Phi) is 2.64. The highest BCUT2D eigenvalue weighted by molar-refractivity contribution is 5.50. The van der Waals surface area contributed by atoms with Crippen LogP contribution in [0.4, 0.5) is 0 Å². The van der Waals surface area contributed by atoms with E-state index in [-0.39, 0.29) is 5.75 Å². The topological polar surface area (TPSA) is 56.5 Å². The van der Waals surface area contributed by atoms with Gasteiger partial charge in [0.05, 0.1) is 6.07 Å². The van der Waals surface area contributed by atoms with Crippen LogP contribution < -0.4 is 4.74 Å². The molecule has 1 aromatic carbocycles. The highest BCUT2D eigenvalue weighted by Gasteiger charge is 2.46. The summed E-state index contributed by atoms with van der Waals surface area (Å²) in [4.78, 5) is 2.22. The zero-order chi connectivity index (χ0) is 12.6. The number of phenols is 1. The van der Waals surface area contributed by atoms with E-state index in [9.17, 15) is 10.4 Å². The highest BCUT2D eigenvalue weighted by Crippen LogP contribution is 2.43. The van der Waals surface area contributed by atoms with Crippen LogP contribution in [0.1, 0.15) is 24.8 Å². The van der Waals surface area contributed by atoms with Crippen molar-refractivity contribution < 1.29 is 9.84 Å². The summed E-state index contributed by atoms with van der Waals surface area (Å²) in [6, 6.07) is 7.48. The summed E-state index contributed by atoms with van der Waals surface area (Å²) < 4.78 is 5.62. The van der Waals surface area contributed by atoms with Gasteiger partial charge in [0.15, 0.2) is 5.54 Å². The standard InChI is InChI=1S/C14H16N2O2/c15-9-14(16-6-2-1-3-7-16)10-18-13-8-11(17)4-5-12(13)14/h4-5,8,17H,1-3,6-7,10H2. The number of nitrogens with zero attached hydrogens (tertiary/aromatic N) is 2. The Morgan fingerprint density at radius 1 is 1.28 bits per heavy atom. The molecule has 2 aliphatic heterocycles. The molecule has 0 spiro atoms. The molecule has 0 aliphatic carbocycles. The molecule has 1 N–H and O–H groups in total. The van der Waals surface area contributed by atoms with Gasteiger partial charge in [-0.2, -0.15) is 5.26 Å². The molecule has 1 fully saturated rings. The molecule has 3 rings (SSSR count). The Bertz CT molecular complexity index is 503. The lowest BCUT2D eigenvalue weighted by atomic mass is 9.89. The van der Waals surface area contributed by atoms with Gasteiger partial charge in [-0.25, -0.2) is 0 Å². The van der Waals surface area contributed by atoms with Crippen LogP contribution in [0.5, 0.6) is 11.5 Å². The molecule has 0 saturated carbocycles. The third kappa shape index (κ3) is 1.55. The van der Waals surface area contributed by atoms with Crippen LogP contribution in [-0.4, -0.2) is 29.7 Å². The fourth-order valence-electron chi connectivity index (χ4n) is 2.93. The molecule has 1 atom stereocenters. The fraction of sp³-hybridized carbons (Fsp3) is 0.500. The largest absolute Gasteiger partial charge is 0.508 e. The molecule has 0 aromatic heterocycles.